The van der Waals surface area contributed by atoms with Crippen LogP contribution in [0.3, 0.4) is 0 Å². The van der Waals surface area contributed by atoms with Crippen molar-refractivity contribution in [2.45, 2.75) is 19.8 Å². The lowest BCUT2D eigenvalue weighted by atomic mass is 10.1. The first-order chi connectivity index (χ1) is 7.69. The van der Waals surface area contributed by atoms with Crippen molar-refractivity contribution in [3.63, 3.8) is 0 Å². The zero-order valence-corrected chi connectivity index (χ0v) is 9.73. The summed E-state index contributed by atoms with van der Waals surface area (Å²) in [6, 6.07) is 4.01. The smallest absolute Gasteiger partial charge is 0.239 e. The summed E-state index contributed by atoms with van der Waals surface area (Å²) in [6.45, 7) is 2.50. The highest BCUT2D eigenvalue weighted by Crippen LogP contribution is 2.06. The second-order valence-corrected chi connectivity index (χ2v) is 3.82. The SMILES string of the molecule is CCC(C#N)C(=O)N(C)CCc1cc[nH]c1. The van der Waals surface area contributed by atoms with E-state index < -0.39 is 5.92 Å². The van der Waals surface area contributed by atoms with Crippen molar-refractivity contribution in [3.8, 4) is 6.07 Å². The van der Waals surface area contributed by atoms with E-state index in [4.69, 9.17) is 5.26 Å². The molecule has 1 aromatic heterocycles. The van der Waals surface area contributed by atoms with Crippen LogP contribution in [-0.2, 0) is 11.2 Å². The maximum atomic E-state index is 11.8. The van der Waals surface area contributed by atoms with Crippen LogP contribution >= 0.6 is 0 Å². The van der Waals surface area contributed by atoms with Gasteiger partial charge in [0.25, 0.3) is 0 Å². The molecule has 1 amide bonds. The standard InChI is InChI=1S/C12H17N3O/c1-3-11(8-13)12(16)15(2)7-5-10-4-6-14-9-10/h4,6,9,11,14H,3,5,7H2,1-2H3. The van der Waals surface area contributed by atoms with Gasteiger partial charge in [0.05, 0.1) is 6.07 Å². The Balaban J connectivity index is 2.43. The average molecular weight is 219 g/mol. The Morgan fingerprint density at radius 2 is 2.44 bits per heavy atom. The van der Waals surface area contributed by atoms with Crippen LogP contribution in [0.1, 0.15) is 18.9 Å². The first-order valence-electron chi connectivity index (χ1n) is 5.45. The summed E-state index contributed by atoms with van der Waals surface area (Å²) in [5.41, 5.74) is 1.17. The van der Waals surface area contributed by atoms with E-state index in [1.807, 2.05) is 31.5 Å². The lowest BCUT2D eigenvalue weighted by Crippen LogP contribution is -2.33. The van der Waals surface area contributed by atoms with Crippen LogP contribution in [-0.4, -0.2) is 29.4 Å². The van der Waals surface area contributed by atoms with Crippen LogP contribution in [0, 0.1) is 17.2 Å². The van der Waals surface area contributed by atoms with Crippen molar-refractivity contribution in [2.75, 3.05) is 13.6 Å². The summed E-state index contributed by atoms with van der Waals surface area (Å²) in [4.78, 5) is 16.4. The van der Waals surface area contributed by atoms with Gasteiger partial charge in [0.2, 0.25) is 5.91 Å². The monoisotopic (exact) mass is 219 g/mol. The Hall–Kier alpha value is -1.76. The minimum atomic E-state index is -0.503. The van der Waals surface area contributed by atoms with E-state index in [1.165, 1.54) is 5.56 Å². The number of hydrogen-bond donors (Lipinski definition) is 1. The predicted molar refractivity (Wildman–Crippen MR) is 61.5 cm³/mol. The van der Waals surface area contributed by atoms with Gasteiger partial charge in [0.15, 0.2) is 0 Å². The minimum Gasteiger partial charge on any atom is -0.367 e. The number of aromatic nitrogens is 1. The molecule has 0 aliphatic rings. The molecule has 16 heavy (non-hydrogen) atoms. The normalized spacial score (nSPS) is 11.8. The van der Waals surface area contributed by atoms with E-state index in [1.54, 1.807) is 11.9 Å². The lowest BCUT2D eigenvalue weighted by molar-refractivity contribution is -0.132. The van der Waals surface area contributed by atoms with Crippen molar-refractivity contribution in [3.05, 3.63) is 24.0 Å². The molecule has 0 radical (unpaired) electrons. The molecule has 0 bridgehead atoms. The molecular formula is C12H17N3O. The van der Waals surface area contributed by atoms with Gasteiger partial charge in [-0.3, -0.25) is 4.79 Å². The van der Waals surface area contributed by atoms with Crippen LogP contribution < -0.4 is 0 Å². The molecule has 0 saturated carbocycles. The number of nitriles is 1. The summed E-state index contributed by atoms with van der Waals surface area (Å²) >= 11 is 0. The number of carbonyl (C=O) groups is 1. The third-order valence-corrected chi connectivity index (χ3v) is 2.64. The summed E-state index contributed by atoms with van der Waals surface area (Å²) < 4.78 is 0. The number of likely N-dealkylation sites (N-methyl/N-ethyl adjacent to an activating group) is 1. The molecule has 1 aromatic rings. The Morgan fingerprint density at radius 3 is 2.94 bits per heavy atom. The van der Waals surface area contributed by atoms with E-state index >= 15 is 0 Å². The molecule has 4 nitrogen and oxygen atoms in total. The first kappa shape index (κ1) is 12.3. The van der Waals surface area contributed by atoms with Crippen LogP contribution in [0.4, 0.5) is 0 Å². The Morgan fingerprint density at radius 1 is 1.69 bits per heavy atom. The highest BCUT2D eigenvalue weighted by molar-refractivity contribution is 5.80. The number of H-pyrrole nitrogens is 1. The van der Waals surface area contributed by atoms with Gasteiger partial charge in [-0.2, -0.15) is 5.26 Å². The molecule has 1 N–H and O–H groups in total. The van der Waals surface area contributed by atoms with E-state index in [0.29, 0.717) is 13.0 Å². The molecule has 0 saturated heterocycles. The molecule has 0 fully saturated rings. The van der Waals surface area contributed by atoms with Crippen LogP contribution in [0.2, 0.25) is 0 Å². The van der Waals surface area contributed by atoms with Gasteiger partial charge in [0.1, 0.15) is 5.92 Å². The highest BCUT2D eigenvalue weighted by Gasteiger charge is 2.19. The van der Waals surface area contributed by atoms with Gasteiger partial charge in [-0.1, -0.05) is 6.92 Å². The fraction of sp³-hybridized carbons (Fsp3) is 0.500. The van der Waals surface area contributed by atoms with Gasteiger partial charge >= 0.3 is 0 Å². The molecular weight excluding hydrogens is 202 g/mol. The average Bonchev–Trinajstić information content (AvgIpc) is 2.80. The number of rotatable bonds is 5. The van der Waals surface area contributed by atoms with Crippen molar-refractivity contribution in [1.82, 2.24) is 9.88 Å². The van der Waals surface area contributed by atoms with Crippen LogP contribution in [0.15, 0.2) is 18.5 Å². The molecule has 4 heteroatoms. The zero-order valence-electron chi connectivity index (χ0n) is 9.73. The van der Waals surface area contributed by atoms with Gasteiger partial charge < -0.3 is 9.88 Å². The van der Waals surface area contributed by atoms with Crippen molar-refractivity contribution in [1.29, 1.82) is 5.26 Å². The van der Waals surface area contributed by atoms with E-state index in [9.17, 15) is 4.79 Å². The first-order valence-corrected chi connectivity index (χ1v) is 5.45. The number of amides is 1. The van der Waals surface area contributed by atoms with Crippen molar-refractivity contribution in [2.24, 2.45) is 5.92 Å². The van der Waals surface area contributed by atoms with Gasteiger partial charge in [-0.15, -0.1) is 0 Å². The Kier molecular flexibility index (Phi) is 4.59. The van der Waals surface area contributed by atoms with E-state index in [-0.39, 0.29) is 5.91 Å². The fourth-order valence-corrected chi connectivity index (χ4v) is 1.51. The molecule has 0 aromatic carbocycles. The zero-order chi connectivity index (χ0) is 12.0. The molecule has 1 unspecified atom stereocenters. The number of nitrogens with one attached hydrogen (secondary N) is 1. The third kappa shape index (κ3) is 3.13. The minimum absolute atomic E-state index is 0.0828. The fourth-order valence-electron chi connectivity index (χ4n) is 1.51. The maximum Gasteiger partial charge on any atom is 0.239 e. The molecule has 0 aliphatic heterocycles. The molecule has 0 spiro atoms. The van der Waals surface area contributed by atoms with Crippen molar-refractivity contribution < 1.29 is 4.79 Å². The van der Waals surface area contributed by atoms with Crippen LogP contribution in [0.5, 0.6) is 0 Å². The highest BCUT2D eigenvalue weighted by atomic mass is 16.2. The molecule has 1 atom stereocenters. The number of carbonyl (C=O) groups excluding carboxylic acids is 1. The maximum absolute atomic E-state index is 11.8. The second kappa shape index (κ2) is 5.96. The van der Waals surface area contributed by atoms with Gasteiger partial charge in [0, 0.05) is 26.0 Å². The van der Waals surface area contributed by atoms with Gasteiger partial charge in [-0.25, -0.2) is 0 Å². The van der Waals surface area contributed by atoms with E-state index in [2.05, 4.69) is 4.98 Å². The summed E-state index contributed by atoms with van der Waals surface area (Å²) in [5, 5.41) is 8.80. The largest absolute Gasteiger partial charge is 0.367 e. The van der Waals surface area contributed by atoms with Crippen LogP contribution in [0.25, 0.3) is 0 Å². The van der Waals surface area contributed by atoms with Crippen molar-refractivity contribution >= 4 is 5.91 Å². The summed E-state index contributed by atoms with van der Waals surface area (Å²) in [6.07, 6.45) is 5.17. The number of nitrogens with zero attached hydrogens (tertiary/aromatic N) is 2. The predicted octanol–water partition coefficient (Wildman–Crippen LogP) is 1.57. The molecule has 1 heterocycles. The molecule has 0 aliphatic carbocycles. The summed E-state index contributed by atoms with van der Waals surface area (Å²) in [5.74, 6) is -0.586. The quantitative estimate of drug-likeness (QED) is 0.817. The number of aromatic amines is 1. The Bertz CT molecular complexity index is 364. The topological polar surface area (TPSA) is 59.9 Å². The Labute approximate surface area is 95.9 Å². The molecule has 86 valence electrons. The second-order valence-electron chi connectivity index (χ2n) is 3.82. The number of hydrogen-bond acceptors (Lipinski definition) is 2. The third-order valence-electron chi connectivity index (χ3n) is 2.64. The van der Waals surface area contributed by atoms with E-state index in [0.717, 1.165) is 6.42 Å². The van der Waals surface area contributed by atoms with Gasteiger partial charge in [-0.05, 0) is 24.5 Å². The molecule has 1 rings (SSSR count). The summed E-state index contributed by atoms with van der Waals surface area (Å²) in [7, 11) is 1.75. The lowest BCUT2D eigenvalue weighted by Gasteiger charge is -2.18.